The Labute approximate surface area is 156 Å². The molecule has 1 aliphatic rings. The summed E-state index contributed by atoms with van der Waals surface area (Å²) in [6.07, 6.45) is 4.25. The third-order valence-corrected chi connectivity index (χ3v) is 4.51. The van der Waals surface area contributed by atoms with Crippen LogP contribution in [-0.4, -0.2) is 41.5 Å². The molecule has 0 saturated carbocycles. The average molecular weight is 374 g/mol. The van der Waals surface area contributed by atoms with Crippen molar-refractivity contribution in [2.24, 2.45) is 5.92 Å². The zero-order valence-electron chi connectivity index (χ0n) is 15.0. The number of nitrogens with zero attached hydrogens (tertiary/aromatic N) is 2. The Hall–Kier alpha value is -2.83. The van der Waals surface area contributed by atoms with Gasteiger partial charge >= 0.3 is 5.97 Å². The molecule has 3 rings (SSSR count). The van der Waals surface area contributed by atoms with E-state index < -0.39 is 11.6 Å². The second-order valence-electron chi connectivity index (χ2n) is 6.46. The first kappa shape index (κ1) is 18.9. The van der Waals surface area contributed by atoms with E-state index in [4.69, 9.17) is 4.74 Å². The Morgan fingerprint density at radius 2 is 1.89 bits per heavy atom. The number of benzene rings is 1. The fourth-order valence-electron chi connectivity index (χ4n) is 3.23. The number of likely N-dealkylation sites (tertiary alicyclic amines) is 1. The highest BCUT2D eigenvalue weighted by atomic mass is 19.1. The van der Waals surface area contributed by atoms with E-state index >= 15 is 0 Å². The lowest BCUT2D eigenvalue weighted by atomic mass is 9.97. The zero-order valence-corrected chi connectivity index (χ0v) is 15.0. The number of ether oxygens (including phenoxy) is 1. The number of carbonyl (C=O) groups excluding carboxylic acids is 2. The fraction of sp³-hybridized carbons (Fsp3) is 0.350. The first-order valence-corrected chi connectivity index (χ1v) is 8.85. The second kappa shape index (κ2) is 8.24. The van der Waals surface area contributed by atoms with Crippen molar-refractivity contribution in [2.75, 3.05) is 19.7 Å². The van der Waals surface area contributed by atoms with Gasteiger partial charge in [0.05, 0.1) is 18.1 Å². The van der Waals surface area contributed by atoms with E-state index in [1.807, 2.05) is 0 Å². The molecule has 27 heavy (non-hydrogen) atoms. The van der Waals surface area contributed by atoms with Gasteiger partial charge in [-0.3, -0.25) is 14.6 Å². The summed E-state index contributed by atoms with van der Waals surface area (Å²) in [5.74, 6) is -2.30. The Morgan fingerprint density at radius 3 is 2.59 bits per heavy atom. The Kier molecular flexibility index (Phi) is 5.78. The standard InChI is InChI=1S/C20H20F2N2O3/c1-2-27-20(26)13-4-3-5-24(12-13)19(25)16-6-15(10-23-11-16)14-7-17(21)9-18(22)8-14/h6-11,13H,2-5,12H2,1H3. The number of aromatic nitrogens is 1. The smallest absolute Gasteiger partial charge is 0.310 e. The lowest BCUT2D eigenvalue weighted by Gasteiger charge is -2.31. The van der Waals surface area contributed by atoms with Gasteiger partial charge in [0, 0.05) is 37.1 Å². The number of hydrogen-bond donors (Lipinski definition) is 0. The molecule has 1 saturated heterocycles. The highest BCUT2D eigenvalue weighted by Crippen LogP contribution is 2.24. The van der Waals surface area contributed by atoms with Gasteiger partial charge in [-0.05, 0) is 43.5 Å². The summed E-state index contributed by atoms with van der Waals surface area (Å²) in [5, 5.41) is 0. The first-order valence-electron chi connectivity index (χ1n) is 8.85. The van der Waals surface area contributed by atoms with Crippen molar-refractivity contribution in [1.29, 1.82) is 0 Å². The molecule has 142 valence electrons. The number of rotatable bonds is 4. The predicted octanol–water partition coefficient (Wildman–Crippen LogP) is 3.44. The number of hydrogen-bond acceptors (Lipinski definition) is 4. The van der Waals surface area contributed by atoms with E-state index in [1.54, 1.807) is 17.9 Å². The number of piperidine rings is 1. The van der Waals surface area contributed by atoms with Crippen LogP contribution in [0.5, 0.6) is 0 Å². The molecular formula is C20H20F2N2O3. The van der Waals surface area contributed by atoms with Gasteiger partial charge in [-0.25, -0.2) is 8.78 Å². The molecule has 1 fully saturated rings. The Morgan fingerprint density at radius 1 is 1.15 bits per heavy atom. The molecule has 7 heteroatoms. The van der Waals surface area contributed by atoms with E-state index in [-0.39, 0.29) is 24.3 Å². The molecule has 0 spiro atoms. The van der Waals surface area contributed by atoms with Crippen LogP contribution >= 0.6 is 0 Å². The molecular weight excluding hydrogens is 354 g/mol. The largest absolute Gasteiger partial charge is 0.466 e. The summed E-state index contributed by atoms with van der Waals surface area (Å²) >= 11 is 0. The normalized spacial score (nSPS) is 16.9. The second-order valence-corrected chi connectivity index (χ2v) is 6.46. The van der Waals surface area contributed by atoms with E-state index in [9.17, 15) is 18.4 Å². The van der Waals surface area contributed by atoms with Crippen LogP contribution < -0.4 is 0 Å². The Bertz CT molecular complexity index is 837. The van der Waals surface area contributed by atoms with Crippen molar-refractivity contribution in [3.05, 3.63) is 53.9 Å². The van der Waals surface area contributed by atoms with Gasteiger partial charge in [0.2, 0.25) is 0 Å². The monoisotopic (exact) mass is 374 g/mol. The van der Waals surface area contributed by atoms with Gasteiger partial charge in [-0.1, -0.05) is 0 Å². The zero-order chi connectivity index (χ0) is 19.4. The summed E-state index contributed by atoms with van der Waals surface area (Å²) in [5.41, 5.74) is 1.05. The molecule has 0 aliphatic carbocycles. The van der Waals surface area contributed by atoms with Crippen molar-refractivity contribution in [3.63, 3.8) is 0 Å². The average Bonchev–Trinajstić information content (AvgIpc) is 2.67. The van der Waals surface area contributed by atoms with E-state index in [0.29, 0.717) is 42.7 Å². The SMILES string of the molecule is CCOC(=O)C1CCCN(C(=O)c2cncc(-c3cc(F)cc(F)c3)c2)C1. The Balaban J connectivity index is 1.80. The molecule has 1 aromatic heterocycles. The van der Waals surface area contributed by atoms with Gasteiger partial charge in [0.1, 0.15) is 11.6 Å². The molecule has 0 N–H and O–H groups in total. The predicted molar refractivity (Wildman–Crippen MR) is 94.8 cm³/mol. The van der Waals surface area contributed by atoms with Crippen molar-refractivity contribution in [2.45, 2.75) is 19.8 Å². The quantitative estimate of drug-likeness (QED) is 0.770. The van der Waals surface area contributed by atoms with Gasteiger partial charge in [-0.2, -0.15) is 0 Å². The molecule has 1 aliphatic heterocycles. The molecule has 5 nitrogen and oxygen atoms in total. The number of esters is 1. The van der Waals surface area contributed by atoms with Crippen LogP contribution in [0.2, 0.25) is 0 Å². The number of amides is 1. The van der Waals surface area contributed by atoms with Crippen molar-refractivity contribution in [1.82, 2.24) is 9.88 Å². The van der Waals surface area contributed by atoms with E-state index in [2.05, 4.69) is 4.98 Å². The molecule has 1 aromatic carbocycles. The van der Waals surface area contributed by atoms with Gasteiger partial charge in [0.15, 0.2) is 0 Å². The van der Waals surface area contributed by atoms with E-state index in [0.717, 1.165) is 6.07 Å². The molecule has 2 aromatic rings. The van der Waals surface area contributed by atoms with Crippen LogP contribution in [0.15, 0.2) is 36.7 Å². The lowest BCUT2D eigenvalue weighted by molar-refractivity contribution is -0.149. The third kappa shape index (κ3) is 4.48. The lowest BCUT2D eigenvalue weighted by Crippen LogP contribution is -2.42. The molecule has 1 unspecified atom stereocenters. The number of halogens is 2. The molecule has 0 radical (unpaired) electrons. The number of pyridine rings is 1. The highest BCUT2D eigenvalue weighted by Gasteiger charge is 2.30. The maximum absolute atomic E-state index is 13.5. The topological polar surface area (TPSA) is 59.5 Å². The van der Waals surface area contributed by atoms with Gasteiger partial charge < -0.3 is 9.64 Å². The molecule has 1 amide bonds. The van der Waals surface area contributed by atoms with Crippen LogP contribution in [0.3, 0.4) is 0 Å². The maximum atomic E-state index is 13.5. The third-order valence-electron chi connectivity index (χ3n) is 4.51. The van der Waals surface area contributed by atoms with Crippen LogP contribution in [-0.2, 0) is 9.53 Å². The van der Waals surface area contributed by atoms with Crippen LogP contribution in [0, 0.1) is 17.6 Å². The molecule has 0 bridgehead atoms. The highest BCUT2D eigenvalue weighted by molar-refractivity contribution is 5.95. The van der Waals surface area contributed by atoms with Crippen molar-refractivity contribution < 1.29 is 23.1 Å². The minimum absolute atomic E-state index is 0.268. The summed E-state index contributed by atoms with van der Waals surface area (Å²) < 4.78 is 32.0. The summed E-state index contributed by atoms with van der Waals surface area (Å²) in [7, 11) is 0. The van der Waals surface area contributed by atoms with Crippen LogP contribution in [0.25, 0.3) is 11.1 Å². The summed E-state index contributed by atoms with van der Waals surface area (Å²) in [4.78, 5) is 30.4. The first-order chi connectivity index (χ1) is 13.0. The minimum atomic E-state index is -0.699. The fourth-order valence-corrected chi connectivity index (χ4v) is 3.23. The van der Waals surface area contributed by atoms with Crippen molar-refractivity contribution in [3.8, 4) is 11.1 Å². The molecule has 1 atom stereocenters. The maximum Gasteiger partial charge on any atom is 0.310 e. The van der Waals surface area contributed by atoms with E-state index in [1.165, 1.54) is 24.5 Å². The molecule has 2 heterocycles. The van der Waals surface area contributed by atoms with Gasteiger partial charge in [0.25, 0.3) is 5.91 Å². The van der Waals surface area contributed by atoms with Crippen LogP contribution in [0.1, 0.15) is 30.1 Å². The summed E-state index contributed by atoms with van der Waals surface area (Å²) in [6, 6.07) is 4.71. The number of carbonyl (C=O) groups is 2. The minimum Gasteiger partial charge on any atom is -0.466 e. The summed E-state index contributed by atoms with van der Waals surface area (Å²) in [6.45, 7) is 2.87. The van der Waals surface area contributed by atoms with Crippen LogP contribution in [0.4, 0.5) is 8.78 Å². The van der Waals surface area contributed by atoms with Crippen molar-refractivity contribution >= 4 is 11.9 Å². The van der Waals surface area contributed by atoms with Gasteiger partial charge in [-0.15, -0.1) is 0 Å².